The first kappa shape index (κ1) is 13.6. The first-order chi connectivity index (χ1) is 9.19. The summed E-state index contributed by atoms with van der Waals surface area (Å²) in [5, 5.41) is 0. The van der Waals surface area contributed by atoms with Crippen LogP contribution in [0.5, 0.6) is 0 Å². The van der Waals surface area contributed by atoms with Gasteiger partial charge in [0.1, 0.15) is 11.6 Å². The Morgan fingerprint density at radius 1 is 1.00 bits per heavy atom. The van der Waals surface area contributed by atoms with Gasteiger partial charge in [-0.1, -0.05) is 36.4 Å². The molecule has 19 heavy (non-hydrogen) atoms. The van der Waals surface area contributed by atoms with E-state index in [4.69, 9.17) is 5.84 Å². The van der Waals surface area contributed by atoms with Gasteiger partial charge in [0.25, 0.3) is 0 Å². The molecule has 0 bridgehead atoms. The SMILES string of the molecule is NNC(Cc1ccccc1)Cc1ccc(F)cc1F. The molecule has 3 N–H and O–H groups in total. The van der Waals surface area contributed by atoms with Gasteiger partial charge in [0.15, 0.2) is 0 Å². The predicted octanol–water partition coefficient (Wildman–Crippen LogP) is 2.58. The Morgan fingerprint density at radius 2 is 1.74 bits per heavy atom. The molecular weight excluding hydrogens is 246 g/mol. The fourth-order valence-corrected chi connectivity index (χ4v) is 2.04. The first-order valence-electron chi connectivity index (χ1n) is 6.13. The molecule has 2 aromatic carbocycles. The van der Waals surface area contributed by atoms with Crippen molar-refractivity contribution < 1.29 is 8.78 Å². The molecule has 0 spiro atoms. The van der Waals surface area contributed by atoms with Crippen molar-refractivity contribution in [2.45, 2.75) is 18.9 Å². The molecular formula is C15H16F2N2. The number of nitrogens with two attached hydrogens (primary N) is 1. The van der Waals surface area contributed by atoms with Crippen LogP contribution in [0.3, 0.4) is 0 Å². The van der Waals surface area contributed by atoms with Gasteiger partial charge < -0.3 is 0 Å². The molecule has 2 nitrogen and oxygen atoms in total. The average Bonchev–Trinajstić information content (AvgIpc) is 2.42. The van der Waals surface area contributed by atoms with Crippen molar-refractivity contribution in [3.63, 3.8) is 0 Å². The molecule has 0 radical (unpaired) electrons. The van der Waals surface area contributed by atoms with Crippen LogP contribution in [-0.2, 0) is 12.8 Å². The molecule has 1 atom stereocenters. The third-order valence-electron chi connectivity index (χ3n) is 3.04. The van der Waals surface area contributed by atoms with Crippen LogP contribution < -0.4 is 11.3 Å². The zero-order valence-electron chi connectivity index (χ0n) is 10.4. The van der Waals surface area contributed by atoms with Gasteiger partial charge in [-0.3, -0.25) is 11.3 Å². The summed E-state index contributed by atoms with van der Waals surface area (Å²) < 4.78 is 26.4. The summed E-state index contributed by atoms with van der Waals surface area (Å²) in [6, 6.07) is 13.3. The van der Waals surface area contributed by atoms with Crippen LogP contribution in [0, 0.1) is 11.6 Å². The molecule has 0 saturated heterocycles. The maximum absolute atomic E-state index is 13.6. The minimum Gasteiger partial charge on any atom is -0.271 e. The molecule has 0 aliphatic carbocycles. The van der Waals surface area contributed by atoms with Crippen molar-refractivity contribution in [1.82, 2.24) is 5.43 Å². The fraction of sp³-hybridized carbons (Fsp3) is 0.200. The van der Waals surface area contributed by atoms with Gasteiger partial charge in [-0.05, 0) is 30.0 Å². The summed E-state index contributed by atoms with van der Waals surface area (Å²) in [4.78, 5) is 0. The molecule has 1 unspecified atom stereocenters. The summed E-state index contributed by atoms with van der Waals surface area (Å²) >= 11 is 0. The largest absolute Gasteiger partial charge is 0.271 e. The lowest BCUT2D eigenvalue weighted by atomic mass is 9.99. The van der Waals surface area contributed by atoms with Crippen molar-refractivity contribution in [3.8, 4) is 0 Å². The second kappa shape index (κ2) is 6.41. The van der Waals surface area contributed by atoms with E-state index < -0.39 is 11.6 Å². The van der Waals surface area contributed by atoms with E-state index in [2.05, 4.69) is 5.43 Å². The summed E-state index contributed by atoms with van der Waals surface area (Å²) in [7, 11) is 0. The fourth-order valence-electron chi connectivity index (χ4n) is 2.04. The van der Waals surface area contributed by atoms with Crippen LogP contribution in [0.4, 0.5) is 8.78 Å². The summed E-state index contributed by atoms with van der Waals surface area (Å²) in [5.74, 6) is 4.40. The van der Waals surface area contributed by atoms with Crippen molar-refractivity contribution in [2.75, 3.05) is 0 Å². The van der Waals surface area contributed by atoms with E-state index >= 15 is 0 Å². The predicted molar refractivity (Wildman–Crippen MR) is 71.3 cm³/mol. The Balaban J connectivity index is 2.06. The number of halogens is 2. The van der Waals surface area contributed by atoms with Crippen LogP contribution in [0.1, 0.15) is 11.1 Å². The smallest absolute Gasteiger partial charge is 0.129 e. The molecule has 0 aliphatic heterocycles. The van der Waals surface area contributed by atoms with E-state index in [-0.39, 0.29) is 6.04 Å². The highest BCUT2D eigenvalue weighted by Gasteiger charge is 2.12. The molecule has 0 fully saturated rings. The number of rotatable bonds is 5. The normalized spacial score (nSPS) is 12.4. The highest BCUT2D eigenvalue weighted by atomic mass is 19.1. The molecule has 2 rings (SSSR count). The van der Waals surface area contributed by atoms with Gasteiger partial charge in [0.2, 0.25) is 0 Å². The van der Waals surface area contributed by atoms with Gasteiger partial charge in [-0.15, -0.1) is 0 Å². The molecule has 100 valence electrons. The summed E-state index contributed by atoms with van der Waals surface area (Å²) in [5.41, 5.74) is 4.26. The molecule has 0 amide bonds. The van der Waals surface area contributed by atoms with Crippen LogP contribution in [0.2, 0.25) is 0 Å². The number of benzene rings is 2. The van der Waals surface area contributed by atoms with E-state index in [1.165, 1.54) is 12.1 Å². The minimum absolute atomic E-state index is 0.0950. The Bertz CT molecular complexity index is 529. The molecule has 4 heteroatoms. The second-order valence-electron chi connectivity index (χ2n) is 4.49. The van der Waals surface area contributed by atoms with E-state index in [1.807, 2.05) is 30.3 Å². The van der Waals surface area contributed by atoms with Crippen LogP contribution in [0.25, 0.3) is 0 Å². The standard InChI is InChI=1S/C15H16F2N2/c16-13-7-6-12(15(17)10-13)9-14(19-18)8-11-4-2-1-3-5-11/h1-7,10,14,19H,8-9,18H2. The Hall–Kier alpha value is -1.78. The minimum atomic E-state index is -0.568. The zero-order chi connectivity index (χ0) is 13.7. The quantitative estimate of drug-likeness (QED) is 0.642. The van der Waals surface area contributed by atoms with Crippen LogP contribution in [0.15, 0.2) is 48.5 Å². The first-order valence-corrected chi connectivity index (χ1v) is 6.13. The number of hydrazine groups is 1. The average molecular weight is 262 g/mol. The maximum Gasteiger partial charge on any atom is 0.129 e. The molecule has 0 heterocycles. The molecule has 2 aromatic rings. The lowest BCUT2D eigenvalue weighted by Crippen LogP contribution is -2.38. The van der Waals surface area contributed by atoms with E-state index in [0.29, 0.717) is 18.4 Å². The number of hydrogen-bond donors (Lipinski definition) is 2. The topological polar surface area (TPSA) is 38.0 Å². The monoisotopic (exact) mass is 262 g/mol. The Labute approximate surface area is 111 Å². The molecule has 0 aliphatic rings. The van der Waals surface area contributed by atoms with Crippen molar-refractivity contribution in [2.24, 2.45) is 5.84 Å². The number of hydrogen-bond acceptors (Lipinski definition) is 2. The van der Waals surface area contributed by atoms with Gasteiger partial charge >= 0.3 is 0 Å². The van der Waals surface area contributed by atoms with Gasteiger partial charge in [0.05, 0.1) is 0 Å². The summed E-state index contributed by atoms with van der Waals surface area (Å²) in [6.07, 6.45) is 1.10. The van der Waals surface area contributed by atoms with Gasteiger partial charge in [-0.2, -0.15) is 0 Å². The zero-order valence-corrected chi connectivity index (χ0v) is 10.4. The highest BCUT2D eigenvalue weighted by molar-refractivity contribution is 5.21. The van der Waals surface area contributed by atoms with Crippen molar-refractivity contribution in [1.29, 1.82) is 0 Å². The van der Waals surface area contributed by atoms with E-state index in [0.717, 1.165) is 11.6 Å². The van der Waals surface area contributed by atoms with Crippen molar-refractivity contribution in [3.05, 3.63) is 71.3 Å². The van der Waals surface area contributed by atoms with Gasteiger partial charge in [0, 0.05) is 12.1 Å². The highest BCUT2D eigenvalue weighted by Crippen LogP contribution is 2.13. The maximum atomic E-state index is 13.6. The second-order valence-corrected chi connectivity index (χ2v) is 4.49. The van der Waals surface area contributed by atoms with Crippen molar-refractivity contribution >= 4 is 0 Å². The van der Waals surface area contributed by atoms with Crippen LogP contribution in [-0.4, -0.2) is 6.04 Å². The van der Waals surface area contributed by atoms with E-state index in [9.17, 15) is 8.78 Å². The third kappa shape index (κ3) is 3.84. The van der Waals surface area contributed by atoms with Crippen LogP contribution >= 0.6 is 0 Å². The Kier molecular flexibility index (Phi) is 4.60. The molecule has 0 aromatic heterocycles. The Morgan fingerprint density at radius 3 is 2.37 bits per heavy atom. The molecule has 0 saturated carbocycles. The summed E-state index contributed by atoms with van der Waals surface area (Å²) in [6.45, 7) is 0. The third-order valence-corrected chi connectivity index (χ3v) is 3.04. The van der Waals surface area contributed by atoms with Gasteiger partial charge in [-0.25, -0.2) is 8.78 Å². The van der Waals surface area contributed by atoms with E-state index in [1.54, 1.807) is 0 Å². The number of nitrogens with one attached hydrogen (secondary N) is 1. The lowest BCUT2D eigenvalue weighted by Gasteiger charge is -2.16. The lowest BCUT2D eigenvalue weighted by molar-refractivity contribution is 0.502.